The quantitative estimate of drug-likeness (QED) is 0.296. The zero-order chi connectivity index (χ0) is 20.5. The number of hydrogen-bond acceptors (Lipinski definition) is 5. The highest BCUT2D eigenvalue weighted by atomic mass is 16.5. The Morgan fingerprint density at radius 2 is 1.71 bits per heavy atom. The highest BCUT2D eigenvalue weighted by molar-refractivity contribution is 5.94. The summed E-state index contributed by atoms with van der Waals surface area (Å²) in [6.45, 7) is 1.79. The van der Waals surface area contributed by atoms with Crippen LogP contribution in [0.25, 0.3) is 0 Å². The second-order valence-electron chi connectivity index (χ2n) is 6.54. The summed E-state index contributed by atoms with van der Waals surface area (Å²) in [5, 5.41) is 10.1. The number of carbonyl (C=O) groups is 2. The fourth-order valence-electron chi connectivity index (χ4n) is 2.53. The van der Waals surface area contributed by atoms with Gasteiger partial charge in [0.25, 0.3) is 5.91 Å². The van der Waals surface area contributed by atoms with Crippen LogP contribution in [0.4, 0.5) is 0 Å². The molecule has 0 spiro atoms. The summed E-state index contributed by atoms with van der Waals surface area (Å²) in [6, 6.07) is 15.9. The Hall–Kier alpha value is -3.19. The fourth-order valence-corrected chi connectivity index (χ4v) is 2.53. The number of aryl methyl sites for hydroxylation is 1. The van der Waals surface area contributed by atoms with Crippen molar-refractivity contribution in [1.82, 2.24) is 5.32 Å². The van der Waals surface area contributed by atoms with Crippen LogP contribution in [-0.2, 0) is 27.3 Å². The van der Waals surface area contributed by atoms with Gasteiger partial charge in [-0.2, -0.15) is 0 Å². The van der Waals surface area contributed by atoms with Gasteiger partial charge in [0.15, 0.2) is 6.10 Å². The van der Waals surface area contributed by atoms with E-state index in [0.717, 1.165) is 11.1 Å². The number of rotatable bonds is 9. The lowest BCUT2D eigenvalue weighted by molar-refractivity contribution is -0.156. The predicted octanol–water partition coefficient (Wildman–Crippen LogP) is 1.48. The molecule has 7 nitrogen and oxygen atoms in total. The molecule has 2 rings (SSSR count). The third-order valence-corrected chi connectivity index (χ3v) is 4.28. The summed E-state index contributed by atoms with van der Waals surface area (Å²) in [5.74, 6) is -1.01. The predicted molar refractivity (Wildman–Crippen MR) is 108 cm³/mol. The molecule has 2 aromatic carbocycles. The van der Waals surface area contributed by atoms with Crippen molar-refractivity contribution in [1.29, 1.82) is 5.41 Å². The van der Waals surface area contributed by atoms with Crippen molar-refractivity contribution in [2.24, 2.45) is 11.5 Å². The zero-order valence-corrected chi connectivity index (χ0v) is 15.9. The van der Waals surface area contributed by atoms with E-state index in [1.807, 2.05) is 30.3 Å². The largest absolute Gasteiger partial charge is 0.451 e. The van der Waals surface area contributed by atoms with E-state index in [1.54, 1.807) is 24.3 Å². The van der Waals surface area contributed by atoms with Gasteiger partial charge in [-0.25, -0.2) is 0 Å². The average Bonchev–Trinajstić information content (AvgIpc) is 2.71. The monoisotopic (exact) mass is 382 g/mol. The van der Waals surface area contributed by atoms with E-state index in [-0.39, 0.29) is 12.4 Å². The molecule has 0 saturated heterocycles. The van der Waals surface area contributed by atoms with Gasteiger partial charge in [-0.1, -0.05) is 54.6 Å². The summed E-state index contributed by atoms with van der Waals surface area (Å²) in [7, 11) is 0. The van der Waals surface area contributed by atoms with Crippen LogP contribution in [0.15, 0.2) is 54.6 Å². The molecule has 1 amide bonds. The number of nitrogen functional groups attached to an aromatic ring is 1. The molecule has 6 N–H and O–H groups in total. The van der Waals surface area contributed by atoms with Crippen molar-refractivity contribution in [3.05, 3.63) is 71.3 Å². The summed E-state index contributed by atoms with van der Waals surface area (Å²) in [6.07, 6.45) is 0.167. The minimum absolute atomic E-state index is 0.0141. The summed E-state index contributed by atoms with van der Waals surface area (Å²) >= 11 is 0. The molecule has 0 aliphatic heterocycles. The van der Waals surface area contributed by atoms with E-state index in [0.29, 0.717) is 18.4 Å². The average molecular weight is 382 g/mol. The second kappa shape index (κ2) is 10.2. The normalized spacial score (nSPS) is 12.6. The van der Waals surface area contributed by atoms with Crippen molar-refractivity contribution in [2.75, 3.05) is 0 Å². The van der Waals surface area contributed by atoms with Crippen LogP contribution in [0.2, 0.25) is 0 Å². The molecular formula is C21H26N4O3. The Morgan fingerprint density at radius 1 is 1.07 bits per heavy atom. The van der Waals surface area contributed by atoms with E-state index >= 15 is 0 Å². The Balaban J connectivity index is 1.75. The fraction of sp³-hybridized carbons (Fsp3) is 0.286. The van der Waals surface area contributed by atoms with Crippen molar-refractivity contribution in [3.8, 4) is 0 Å². The molecule has 2 aromatic rings. The third kappa shape index (κ3) is 6.51. The number of nitrogens with two attached hydrogens (primary N) is 2. The number of nitrogens with one attached hydrogen (secondary N) is 2. The van der Waals surface area contributed by atoms with Crippen LogP contribution in [-0.4, -0.2) is 29.9 Å². The van der Waals surface area contributed by atoms with Crippen molar-refractivity contribution in [3.63, 3.8) is 0 Å². The highest BCUT2D eigenvalue weighted by Gasteiger charge is 2.22. The minimum Gasteiger partial charge on any atom is -0.451 e. The summed E-state index contributed by atoms with van der Waals surface area (Å²) in [5.41, 5.74) is 13.8. The number of carbonyl (C=O) groups excluding carboxylic acids is 2. The number of hydrogen-bond donors (Lipinski definition) is 4. The molecule has 0 heterocycles. The Bertz CT molecular complexity index is 806. The molecule has 0 aromatic heterocycles. The molecule has 28 heavy (non-hydrogen) atoms. The number of esters is 1. The lowest BCUT2D eigenvalue weighted by Gasteiger charge is -2.17. The smallest absolute Gasteiger partial charge is 0.323 e. The molecule has 148 valence electrons. The van der Waals surface area contributed by atoms with E-state index in [9.17, 15) is 9.59 Å². The van der Waals surface area contributed by atoms with Gasteiger partial charge in [0.1, 0.15) is 11.9 Å². The van der Waals surface area contributed by atoms with Crippen LogP contribution in [0.1, 0.15) is 30.0 Å². The van der Waals surface area contributed by atoms with Gasteiger partial charge in [0.2, 0.25) is 0 Å². The van der Waals surface area contributed by atoms with Crippen LogP contribution >= 0.6 is 0 Å². The van der Waals surface area contributed by atoms with Crippen molar-refractivity contribution < 1.29 is 14.3 Å². The molecule has 7 heteroatoms. The van der Waals surface area contributed by atoms with E-state index < -0.39 is 24.0 Å². The van der Waals surface area contributed by atoms with Crippen LogP contribution in [0.5, 0.6) is 0 Å². The van der Waals surface area contributed by atoms with Gasteiger partial charge in [0, 0.05) is 12.1 Å². The summed E-state index contributed by atoms with van der Waals surface area (Å²) < 4.78 is 5.18. The maximum atomic E-state index is 12.1. The summed E-state index contributed by atoms with van der Waals surface area (Å²) in [4.78, 5) is 24.2. The Kier molecular flexibility index (Phi) is 7.71. The maximum Gasteiger partial charge on any atom is 0.323 e. The van der Waals surface area contributed by atoms with Crippen LogP contribution in [0, 0.1) is 5.41 Å². The second-order valence-corrected chi connectivity index (χ2v) is 6.54. The number of amidine groups is 1. The van der Waals surface area contributed by atoms with Gasteiger partial charge < -0.3 is 21.5 Å². The lowest BCUT2D eigenvalue weighted by atomic mass is 10.1. The minimum atomic E-state index is -0.938. The zero-order valence-electron chi connectivity index (χ0n) is 15.9. The first-order valence-electron chi connectivity index (χ1n) is 9.08. The molecule has 0 bridgehead atoms. The Morgan fingerprint density at radius 3 is 2.32 bits per heavy atom. The molecule has 0 unspecified atom stereocenters. The molecule has 0 aliphatic carbocycles. The Labute approximate surface area is 164 Å². The standard InChI is InChI=1S/C21H26N4O3/c1-14(20(26)25-13-16-7-10-17(11-8-16)19(23)24)28-21(27)18(22)12-9-15-5-3-2-4-6-15/h2-8,10-11,14,18H,9,12-13,22H2,1H3,(H3,23,24)(H,25,26)/t14-,18+/m0/s1. The van der Waals surface area contributed by atoms with E-state index in [4.69, 9.17) is 21.6 Å². The van der Waals surface area contributed by atoms with Gasteiger partial charge in [-0.05, 0) is 30.9 Å². The molecular weight excluding hydrogens is 356 g/mol. The van der Waals surface area contributed by atoms with E-state index in [2.05, 4.69) is 5.32 Å². The molecule has 0 fully saturated rings. The molecule has 0 aliphatic rings. The first-order valence-corrected chi connectivity index (χ1v) is 9.08. The number of benzene rings is 2. The number of amides is 1. The van der Waals surface area contributed by atoms with Crippen molar-refractivity contribution >= 4 is 17.7 Å². The van der Waals surface area contributed by atoms with E-state index in [1.165, 1.54) is 6.92 Å². The van der Waals surface area contributed by atoms with Gasteiger partial charge in [-0.3, -0.25) is 15.0 Å². The lowest BCUT2D eigenvalue weighted by Crippen LogP contribution is -2.40. The highest BCUT2D eigenvalue weighted by Crippen LogP contribution is 2.07. The van der Waals surface area contributed by atoms with Crippen LogP contribution < -0.4 is 16.8 Å². The van der Waals surface area contributed by atoms with Gasteiger partial charge >= 0.3 is 5.97 Å². The maximum absolute atomic E-state index is 12.1. The van der Waals surface area contributed by atoms with Crippen molar-refractivity contribution in [2.45, 2.75) is 38.5 Å². The third-order valence-electron chi connectivity index (χ3n) is 4.28. The molecule has 0 radical (unpaired) electrons. The van der Waals surface area contributed by atoms with Gasteiger partial charge in [-0.15, -0.1) is 0 Å². The first kappa shape index (κ1) is 21.1. The first-order chi connectivity index (χ1) is 13.4. The number of ether oxygens (including phenoxy) is 1. The molecule has 2 atom stereocenters. The topological polar surface area (TPSA) is 131 Å². The van der Waals surface area contributed by atoms with Crippen LogP contribution in [0.3, 0.4) is 0 Å². The molecule has 0 saturated carbocycles. The van der Waals surface area contributed by atoms with Gasteiger partial charge in [0.05, 0.1) is 0 Å². The SMILES string of the molecule is C[C@H](OC(=O)[C@H](N)CCc1ccccc1)C(=O)NCc1ccc(C(=N)N)cc1.